The van der Waals surface area contributed by atoms with Crippen molar-refractivity contribution >= 4 is 21.6 Å². The van der Waals surface area contributed by atoms with Gasteiger partial charge in [0, 0.05) is 12.2 Å². The zero-order chi connectivity index (χ0) is 19.9. The Morgan fingerprint density at radius 1 is 1.07 bits per heavy atom. The van der Waals surface area contributed by atoms with Crippen LogP contribution in [0.1, 0.15) is 30.0 Å². The molecular weight excluding hydrogens is 360 g/mol. The Morgan fingerprint density at radius 3 is 2.41 bits per heavy atom. The van der Waals surface area contributed by atoms with Crippen molar-refractivity contribution in [2.24, 2.45) is 0 Å². The van der Waals surface area contributed by atoms with E-state index in [0.717, 1.165) is 41.5 Å². The van der Waals surface area contributed by atoms with Crippen molar-refractivity contribution in [3.05, 3.63) is 65.2 Å². The molecule has 0 saturated carbocycles. The van der Waals surface area contributed by atoms with Crippen LogP contribution < -0.4 is 5.32 Å². The number of hydrogen-bond acceptors (Lipinski definition) is 3. The van der Waals surface area contributed by atoms with Crippen molar-refractivity contribution in [2.45, 2.75) is 33.1 Å². The number of nitrogens with zero attached hydrogens (tertiary/aromatic N) is 1. The molecule has 2 aromatic rings. The summed E-state index contributed by atoms with van der Waals surface area (Å²) in [4.78, 5) is 12.5. The number of nitrogens with one attached hydrogen (secondary N) is 1. The first-order chi connectivity index (χ1) is 12.8. The van der Waals surface area contributed by atoms with Gasteiger partial charge in [-0.3, -0.25) is 4.79 Å². The Balaban J connectivity index is 2.00. The van der Waals surface area contributed by atoms with Gasteiger partial charge < -0.3 is 5.32 Å². The van der Waals surface area contributed by atoms with Gasteiger partial charge in [-0.1, -0.05) is 55.5 Å². The van der Waals surface area contributed by atoms with Crippen LogP contribution >= 0.6 is 0 Å². The van der Waals surface area contributed by atoms with E-state index in [1.54, 1.807) is 0 Å². The molecular formula is C21H28N2O3S. The molecule has 0 heterocycles. The number of carbonyl (C=O) groups is 1. The third-order valence-electron chi connectivity index (χ3n) is 4.51. The lowest BCUT2D eigenvalue weighted by atomic mass is 10.1. The Hall–Kier alpha value is -2.18. The molecule has 0 aromatic heterocycles. The molecule has 0 unspecified atom stereocenters. The van der Waals surface area contributed by atoms with E-state index in [1.807, 2.05) is 62.4 Å². The first-order valence-corrected chi connectivity index (χ1v) is 11.0. The molecule has 0 bridgehead atoms. The standard InChI is InChI=1S/C21H28N2O3S/c1-4-19-14-8-10-17(2)21(19)22-20(24)16-23(27(3,25)26)15-9-13-18-11-6-5-7-12-18/h5-8,10-12,14H,4,9,13,15-16H2,1-3H3,(H,22,24). The highest BCUT2D eigenvalue weighted by Crippen LogP contribution is 2.21. The quantitative estimate of drug-likeness (QED) is 0.716. The maximum Gasteiger partial charge on any atom is 0.239 e. The van der Waals surface area contributed by atoms with Gasteiger partial charge in [-0.15, -0.1) is 0 Å². The minimum absolute atomic E-state index is 0.175. The molecule has 0 radical (unpaired) electrons. The molecule has 0 aliphatic carbocycles. The van der Waals surface area contributed by atoms with Gasteiger partial charge in [-0.25, -0.2) is 8.42 Å². The van der Waals surface area contributed by atoms with Crippen LogP contribution in [0.2, 0.25) is 0 Å². The van der Waals surface area contributed by atoms with Gasteiger partial charge in [0.05, 0.1) is 12.8 Å². The summed E-state index contributed by atoms with van der Waals surface area (Å²) in [5.41, 5.74) is 3.95. The summed E-state index contributed by atoms with van der Waals surface area (Å²) in [5, 5.41) is 2.90. The lowest BCUT2D eigenvalue weighted by Crippen LogP contribution is -2.38. The highest BCUT2D eigenvalue weighted by atomic mass is 32.2. The van der Waals surface area contributed by atoms with Gasteiger partial charge >= 0.3 is 0 Å². The van der Waals surface area contributed by atoms with Gasteiger partial charge in [0.2, 0.25) is 15.9 Å². The highest BCUT2D eigenvalue weighted by molar-refractivity contribution is 7.88. The molecule has 1 N–H and O–H groups in total. The van der Waals surface area contributed by atoms with E-state index in [9.17, 15) is 13.2 Å². The molecule has 0 fully saturated rings. The van der Waals surface area contributed by atoms with Crippen LogP contribution in [0.15, 0.2) is 48.5 Å². The second-order valence-corrected chi connectivity index (χ2v) is 8.68. The molecule has 2 rings (SSSR count). The Bertz CT molecular complexity index is 864. The van der Waals surface area contributed by atoms with Gasteiger partial charge in [-0.2, -0.15) is 4.31 Å². The van der Waals surface area contributed by atoms with Crippen LogP contribution in [0.5, 0.6) is 0 Å². The van der Waals surface area contributed by atoms with E-state index in [1.165, 1.54) is 4.31 Å². The van der Waals surface area contributed by atoms with E-state index in [2.05, 4.69) is 5.32 Å². The van der Waals surface area contributed by atoms with Crippen molar-refractivity contribution in [3.63, 3.8) is 0 Å². The smallest absolute Gasteiger partial charge is 0.239 e. The number of para-hydroxylation sites is 1. The van der Waals surface area contributed by atoms with Crippen molar-refractivity contribution in [3.8, 4) is 0 Å². The highest BCUT2D eigenvalue weighted by Gasteiger charge is 2.20. The summed E-state index contributed by atoms with van der Waals surface area (Å²) in [5.74, 6) is -0.316. The van der Waals surface area contributed by atoms with E-state index in [0.29, 0.717) is 13.0 Å². The van der Waals surface area contributed by atoms with Crippen LogP contribution in [0.25, 0.3) is 0 Å². The third kappa shape index (κ3) is 6.48. The predicted molar refractivity (Wildman–Crippen MR) is 110 cm³/mol. The fraction of sp³-hybridized carbons (Fsp3) is 0.381. The Labute approximate surface area is 162 Å². The number of sulfonamides is 1. The van der Waals surface area contributed by atoms with E-state index in [4.69, 9.17) is 0 Å². The molecule has 0 saturated heterocycles. The Kier molecular flexibility index (Phi) is 7.56. The number of rotatable bonds is 9. The van der Waals surface area contributed by atoms with Crippen LogP contribution in [0, 0.1) is 6.92 Å². The Morgan fingerprint density at radius 2 is 1.78 bits per heavy atom. The summed E-state index contributed by atoms with van der Waals surface area (Å²) in [7, 11) is -3.46. The van der Waals surface area contributed by atoms with E-state index < -0.39 is 10.0 Å². The third-order valence-corrected chi connectivity index (χ3v) is 5.76. The van der Waals surface area contributed by atoms with Crippen LogP contribution in [0.4, 0.5) is 5.69 Å². The average molecular weight is 389 g/mol. The first-order valence-electron chi connectivity index (χ1n) is 9.18. The second-order valence-electron chi connectivity index (χ2n) is 6.70. The summed E-state index contributed by atoms with van der Waals surface area (Å²) < 4.78 is 25.4. The summed E-state index contributed by atoms with van der Waals surface area (Å²) in [6, 6.07) is 15.8. The number of aryl methyl sites for hydroxylation is 3. The maximum absolute atomic E-state index is 12.5. The average Bonchev–Trinajstić information content (AvgIpc) is 2.62. The van der Waals surface area contributed by atoms with Crippen LogP contribution in [-0.2, 0) is 27.7 Å². The molecule has 0 spiro atoms. The lowest BCUT2D eigenvalue weighted by molar-refractivity contribution is -0.116. The zero-order valence-electron chi connectivity index (χ0n) is 16.2. The first kappa shape index (κ1) is 21.1. The topological polar surface area (TPSA) is 66.5 Å². The van der Waals surface area contributed by atoms with Crippen LogP contribution in [0.3, 0.4) is 0 Å². The second kappa shape index (κ2) is 9.67. The van der Waals surface area contributed by atoms with Crippen molar-refractivity contribution < 1.29 is 13.2 Å². The molecule has 6 heteroatoms. The number of anilines is 1. The minimum atomic E-state index is -3.46. The number of hydrogen-bond donors (Lipinski definition) is 1. The molecule has 0 atom stereocenters. The van der Waals surface area contributed by atoms with Gasteiger partial charge in [-0.05, 0) is 42.9 Å². The molecule has 1 amide bonds. The molecule has 146 valence electrons. The lowest BCUT2D eigenvalue weighted by Gasteiger charge is -2.20. The number of carbonyl (C=O) groups excluding carboxylic acids is 1. The maximum atomic E-state index is 12.5. The molecule has 27 heavy (non-hydrogen) atoms. The minimum Gasteiger partial charge on any atom is -0.324 e. The summed E-state index contributed by atoms with van der Waals surface area (Å²) in [6.45, 7) is 4.10. The van der Waals surface area contributed by atoms with Gasteiger partial charge in [0.15, 0.2) is 0 Å². The molecule has 2 aromatic carbocycles. The van der Waals surface area contributed by atoms with Crippen molar-refractivity contribution in [1.82, 2.24) is 4.31 Å². The van der Waals surface area contributed by atoms with E-state index in [-0.39, 0.29) is 12.5 Å². The summed E-state index contributed by atoms with van der Waals surface area (Å²) in [6.07, 6.45) is 3.37. The monoisotopic (exact) mass is 388 g/mol. The summed E-state index contributed by atoms with van der Waals surface area (Å²) >= 11 is 0. The van der Waals surface area contributed by atoms with Crippen LogP contribution in [-0.4, -0.2) is 38.0 Å². The largest absolute Gasteiger partial charge is 0.324 e. The molecule has 0 aliphatic heterocycles. The van der Waals surface area contributed by atoms with Crippen molar-refractivity contribution in [1.29, 1.82) is 0 Å². The molecule has 5 nitrogen and oxygen atoms in total. The SMILES string of the molecule is CCc1cccc(C)c1NC(=O)CN(CCCc1ccccc1)S(C)(=O)=O. The van der Waals surface area contributed by atoms with E-state index >= 15 is 0 Å². The molecule has 0 aliphatic rings. The number of benzene rings is 2. The van der Waals surface area contributed by atoms with Gasteiger partial charge in [0.1, 0.15) is 0 Å². The van der Waals surface area contributed by atoms with Crippen molar-refractivity contribution in [2.75, 3.05) is 24.7 Å². The van der Waals surface area contributed by atoms with Gasteiger partial charge in [0.25, 0.3) is 0 Å². The fourth-order valence-electron chi connectivity index (χ4n) is 3.01. The normalized spacial score (nSPS) is 11.6. The fourth-order valence-corrected chi connectivity index (χ4v) is 3.82. The zero-order valence-corrected chi connectivity index (χ0v) is 17.1. The number of amides is 1. The predicted octanol–water partition coefficient (Wildman–Crippen LogP) is 3.39.